The molecule has 1 aromatic heterocycles. The molecule has 0 bridgehead atoms. The maximum Gasteiger partial charge on any atom is 0.240 e. The number of benzene rings is 2. The van der Waals surface area contributed by atoms with Gasteiger partial charge in [0, 0.05) is 18.3 Å². The summed E-state index contributed by atoms with van der Waals surface area (Å²) in [5, 5.41) is 3.38. The average Bonchev–Trinajstić information content (AvgIpc) is 3.22. The van der Waals surface area contributed by atoms with Gasteiger partial charge in [-0.3, -0.25) is 4.79 Å². The zero-order valence-corrected chi connectivity index (χ0v) is 22.6. The first kappa shape index (κ1) is 27.2. The van der Waals surface area contributed by atoms with E-state index in [4.69, 9.17) is 5.73 Å². The number of hydrogen-bond acceptors (Lipinski definition) is 8. The number of carbonyl (C=O) groups is 1. The molecule has 0 saturated carbocycles. The van der Waals surface area contributed by atoms with Crippen molar-refractivity contribution in [2.75, 3.05) is 30.7 Å². The number of sulfonamides is 1. The first-order valence-electron chi connectivity index (χ1n) is 12.3. The molecule has 11 heteroatoms. The molecule has 1 aliphatic rings. The number of carbonyl (C=O) groups excluding carboxylic acids is 1. The second-order valence-electron chi connectivity index (χ2n) is 9.28. The number of rotatable bonds is 10. The summed E-state index contributed by atoms with van der Waals surface area (Å²) in [7, 11) is -3.63. The Kier molecular flexibility index (Phi) is 8.58. The van der Waals surface area contributed by atoms with Gasteiger partial charge >= 0.3 is 0 Å². The third-order valence-electron chi connectivity index (χ3n) is 6.58. The Labute approximate surface area is 221 Å². The van der Waals surface area contributed by atoms with Gasteiger partial charge in [-0.25, -0.2) is 22.5 Å². The molecule has 0 radical (unpaired) electrons. The summed E-state index contributed by atoms with van der Waals surface area (Å²) in [6, 6.07) is 11.2. The van der Waals surface area contributed by atoms with Crippen LogP contribution < -0.4 is 15.8 Å². The van der Waals surface area contributed by atoms with Crippen molar-refractivity contribution in [2.45, 2.75) is 50.5 Å². The molecule has 0 amide bonds. The second kappa shape index (κ2) is 11.7. The summed E-state index contributed by atoms with van der Waals surface area (Å²) >= 11 is 1.01. The molecule has 4 rings (SSSR count). The average molecular weight is 546 g/mol. The zero-order valence-electron chi connectivity index (χ0n) is 21.0. The van der Waals surface area contributed by atoms with Crippen molar-refractivity contribution in [3.8, 4) is 0 Å². The largest absolute Gasteiger partial charge is 0.382 e. The third-order valence-corrected chi connectivity index (χ3v) is 9.04. The molecule has 1 atom stereocenters. The van der Waals surface area contributed by atoms with Crippen LogP contribution in [-0.4, -0.2) is 49.8 Å². The van der Waals surface area contributed by atoms with Crippen LogP contribution in [0.15, 0.2) is 47.4 Å². The number of piperidine rings is 1. The normalized spacial score (nSPS) is 16.6. The maximum absolute atomic E-state index is 14.3. The minimum atomic E-state index is -3.63. The highest BCUT2D eigenvalue weighted by molar-refractivity contribution is 7.89. The van der Waals surface area contributed by atoms with Crippen LogP contribution in [0.3, 0.4) is 0 Å². The molecule has 1 unspecified atom stereocenters. The Bertz CT molecular complexity index is 1340. The molecule has 0 spiro atoms. The van der Waals surface area contributed by atoms with Crippen LogP contribution in [0.4, 0.5) is 21.0 Å². The number of thiazole rings is 1. The lowest BCUT2D eigenvalue weighted by atomic mass is 10.0. The van der Waals surface area contributed by atoms with E-state index in [0.29, 0.717) is 29.0 Å². The van der Waals surface area contributed by atoms with Gasteiger partial charge in [-0.05, 0) is 82.1 Å². The van der Waals surface area contributed by atoms with Gasteiger partial charge in [-0.15, -0.1) is 0 Å². The molecule has 198 valence electrons. The molecular formula is C26H32FN5O3S2. The highest BCUT2D eigenvalue weighted by Gasteiger charge is 2.23. The van der Waals surface area contributed by atoms with Gasteiger partial charge in [0.25, 0.3) is 0 Å². The maximum atomic E-state index is 14.3. The topological polar surface area (TPSA) is 117 Å². The molecule has 0 aliphatic carbocycles. The number of anilines is 3. The summed E-state index contributed by atoms with van der Waals surface area (Å²) in [5.41, 5.74) is 7.01. The standard InChI is InChI=1S/C26H32FN5O3S2/c1-17-7-5-9-21(27)22(17)23(33)24-25(28)31-26(36-24)30-19-10-12-20(13-11-19)37(34,35)29-14-6-16-32-15-4-3-8-18(32)2/h5,7,9-13,18,29H,3-4,6,8,14-16,28H2,1-2H3,(H,30,31). The Morgan fingerprint density at radius 2 is 1.97 bits per heavy atom. The molecule has 1 fully saturated rings. The van der Waals surface area contributed by atoms with E-state index in [1.807, 2.05) is 0 Å². The number of nitrogens with one attached hydrogen (secondary N) is 2. The lowest BCUT2D eigenvalue weighted by Gasteiger charge is -2.33. The molecule has 4 N–H and O–H groups in total. The summed E-state index contributed by atoms with van der Waals surface area (Å²) in [4.78, 5) is 19.8. The van der Waals surface area contributed by atoms with E-state index in [-0.39, 0.29) is 21.2 Å². The smallest absolute Gasteiger partial charge is 0.240 e. The van der Waals surface area contributed by atoms with Gasteiger partial charge in [0.1, 0.15) is 16.5 Å². The Balaban J connectivity index is 1.36. The number of halogens is 1. The highest BCUT2D eigenvalue weighted by Crippen LogP contribution is 2.31. The van der Waals surface area contributed by atoms with Crippen LogP contribution in [0.1, 0.15) is 53.4 Å². The van der Waals surface area contributed by atoms with E-state index in [1.54, 1.807) is 31.2 Å². The SMILES string of the molecule is Cc1cccc(F)c1C(=O)c1sc(Nc2ccc(S(=O)(=O)NCCCN3CCCCC3C)cc2)nc1N. The number of nitrogens with zero attached hydrogens (tertiary/aromatic N) is 2. The molecule has 2 heterocycles. The Hall–Kier alpha value is -2.86. The summed E-state index contributed by atoms with van der Waals surface area (Å²) < 4.78 is 42.3. The minimum Gasteiger partial charge on any atom is -0.382 e. The van der Waals surface area contributed by atoms with Crippen LogP contribution in [0.2, 0.25) is 0 Å². The van der Waals surface area contributed by atoms with Gasteiger partial charge < -0.3 is 16.0 Å². The van der Waals surface area contributed by atoms with Crippen LogP contribution >= 0.6 is 11.3 Å². The molecule has 1 saturated heterocycles. The number of aromatic nitrogens is 1. The number of ketones is 1. The predicted octanol–water partition coefficient (Wildman–Crippen LogP) is 4.69. The molecule has 37 heavy (non-hydrogen) atoms. The van der Waals surface area contributed by atoms with Gasteiger partial charge in [0.05, 0.1) is 10.5 Å². The van der Waals surface area contributed by atoms with Crippen molar-refractivity contribution in [1.82, 2.24) is 14.6 Å². The lowest BCUT2D eigenvalue weighted by Crippen LogP contribution is -2.39. The van der Waals surface area contributed by atoms with Crippen LogP contribution in [-0.2, 0) is 10.0 Å². The Morgan fingerprint density at radius 3 is 2.68 bits per heavy atom. The molecule has 1 aliphatic heterocycles. The third kappa shape index (κ3) is 6.53. The van der Waals surface area contributed by atoms with Gasteiger partial charge in [0.15, 0.2) is 5.13 Å². The number of nitrogen functional groups attached to an aromatic ring is 1. The van der Waals surface area contributed by atoms with Crippen LogP contribution in [0.25, 0.3) is 0 Å². The van der Waals surface area contributed by atoms with Crippen molar-refractivity contribution in [1.29, 1.82) is 0 Å². The fourth-order valence-electron chi connectivity index (χ4n) is 4.48. The van der Waals surface area contributed by atoms with Gasteiger partial charge in [0.2, 0.25) is 15.8 Å². The van der Waals surface area contributed by atoms with Crippen molar-refractivity contribution in [3.63, 3.8) is 0 Å². The number of likely N-dealkylation sites (tertiary alicyclic amines) is 1. The van der Waals surface area contributed by atoms with Crippen molar-refractivity contribution in [2.24, 2.45) is 0 Å². The second-order valence-corrected chi connectivity index (χ2v) is 12.0. The van der Waals surface area contributed by atoms with E-state index in [0.717, 1.165) is 30.8 Å². The summed E-state index contributed by atoms with van der Waals surface area (Å²) in [6.45, 7) is 6.21. The molecule has 2 aromatic carbocycles. The van der Waals surface area contributed by atoms with E-state index in [2.05, 4.69) is 26.8 Å². The van der Waals surface area contributed by atoms with Crippen molar-refractivity contribution < 1.29 is 17.6 Å². The number of nitrogens with two attached hydrogens (primary N) is 1. The first-order valence-corrected chi connectivity index (χ1v) is 14.6. The fraction of sp³-hybridized carbons (Fsp3) is 0.385. The van der Waals surface area contributed by atoms with E-state index >= 15 is 0 Å². The quantitative estimate of drug-likeness (QED) is 0.250. The Morgan fingerprint density at radius 1 is 1.22 bits per heavy atom. The predicted molar refractivity (Wildman–Crippen MR) is 146 cm³/mol. The first-order chi connectivity index (χ1) is 17.7. The lowest BCUT2D eigenvalue weighted by molar-refractivity contribution is 0.103. The molecular weight excluding hydrogens is 513 g/mol. The highest BCUT2D eigenvalue weighted by atomic mass is 32.2. The van der Waals surface area contributed by atoms with Crippen LogP contribution in [0, 0.1) is 12.7 Å². The van der Waals surface area contributed by atoms with E-state index in [1.165, 1.54) is 37.5 Å². The van der Waals surface area contributed by atoms with Crippen molar-refractivity contribution >= 4 is 43.8 Å². The number of hydrogen-bond donors (Lipinski definition) is 3. The van der Waals surface area contributed by atoms with Gasteiger partial charge in [-0.2, -0.15) is 0 Å². The van der Waals surface area contributed by atoms with E-state index in [9.17, 15) is 17.6 Å². The summed E-state index contributed by atoms with van der Waals surface area (Å²) in [5.74, 6) is -1.14. The zero-order chi connectivity index (χ0) is 26.6. The summed E-state index contributed by atoms with van der Waals surface area (Å²) in [6.07, 6.45) is 4.41. The van der Waals surface area contributed by atoms with Crippen molar-refractivity contribution in [3.05, 3.63) is 64.3 Å². The van der Waals surface area contributed by atoms with E-state index < -0.39 is 21.6 Å². The van der Waals surface area contributed by atoms with Crippen LogP contribution in [0.5, 0.6) is 0 Å². The molecule has 8 nitrogen and oxygen atoms in total. The van der Waals surface area contributed by atoms with Gasteiger partial charge in [-0.1, -0.05) is 29.9 Å². The minimum absolute atomic E-state index is 0.00231. The fourth-order valence-corrected chi connectivity index (χ4v) is 6.41. The molecule has 3 aromatic rings. The monoisotopic (exact) mass is 545 g/mol. The number of aryl methyl sites for hydroxylation is 1.